The molecule has 0 unspecified atom stereocenters. The molecule has 1 aliphatic rings. The second kappa shape index (κ2) is 8.32. The van der Waals surface area contributed by atoms with E-state index in [0.717, 1.165) is 50.1 Å². The monoisotopic (exact) mass is 302 g/mol. The summed E-state index contributed by atoms with van der Waals surface area (Å²) in [5, 5.41) is 3.35. The van der Waals surface area contributed by atoms with Gasteiger partial charge in [0.2, 0.25) is 0 Å². The van der Waals surface area contributed by atoms with E-state index >= 15 is 0 Å². The molecule has 0 radical (unpaired) electrons. The Kier molecular flexibility index (Phi) is 6.13. The molecule has 0 saturated carbocycles. The van der Waals surface area contributed by atoms with Crippen molar-refractivity contribution in [1.82, 2.24) is 10.2 Å². The maximum absolute atomic E-state index is 5.46. The zero-order valence-corrected chi connectivity index (χ0v) is 13.6. The first-order chi connectivity index (χ1) is 10.8. The summed E-state index contributed by atoms with van der Waals surface area (Å²) in [6, 6.07) is 8.19. The molecule has 0 bridgehead atoms. The summed E-state index contributed by atoms with van der Waals surface area (Å²) in [5.41, 5.74) is 1.16. The number of aliphatic imine (C=N–C) groups is 1. The minimum atomic E-state index is 0.648. The molecule has 1 aromatic rings. The van der Waals surface area contributed by atoms with E-state index in [1.807, 2.05) is 18.2 Å². The fourth-order valence-corrected chi connectivity index (χ4v) is 2.63. The van der Waals surface area contributed by atoms with Gasteiger partial charge in [0, 0.05) is 32.7 Å². The first-order valence-electron chi connectivity index (χ1n) is 7.82. The molecule has 1 fully saturated rings. The minimum Gasteiger partial charge on any atom is -0.495 e. The number of hydrogen-bond acceptors (Lipinski definition) is 3. The highest BCUT2D eigenvalue weighted by atomic mass is 16.5. The van der Waals surface area contributed by atoms with Gasteiger partial charge in [0.05, 0.1) is 19.3 Å². The van der Waals surface area contributed by atoms with Crippen molar-refractivity contribution in [2.45, 2.75) is 6.92 Å². The summed E-state index contributed by atoms with van der Waals surface area (Å²) in [6.45, 7) is 11.2. The molecule has 0 aromatic heterocycles. The zero-order chi connectivity index (χ0) is 15.8. The van der Waals surface area contributed by atoms with Gasteiger partial charge in [-0.25, -0.2) is 4.99 Å². The number of ether oxygens (including phenoxy) is 1. The summed E-state index contributed by atoms with van der Waals surface area (Å²) in [7, 11) is 1.72. The molecule has 1 aliphatic heterocycles. The third kappa shape index (κ3) is 3.93. The van der Waals surface area contributed by atoms with Gasteiger partial charge in [-0.15, -0.1) is 6.58 Å². The summed E-state index contributed by atoms with van der Waals surface area (Å²) >= 11 is 0. The molecule has 1 saturated heterocycles. The van der Waals surface area contributed by atoms with E-state index < -0.39 is 0 Å². The second-order valence-corrected chi connectivity index (χ2v) is 5.13. The van der Waals surface area contributed by atoms with Crippen LogP contribution in [0.2, 0.25) is 0 Å². The number of para-hydroxylation sites is 2. The predicted octanol–water partition coefficient (Wildman–Crippen LogP) is 1.97. The van der Waals surface area contributed by atoms with Gasteiger partial charge in [-0.05, 0) is 19.1 Å². The third-order valence-electron chi connectivity index (χ3n) is 3.71. The average Bonchev–Trinajstić information content (AvgIpc) is 2.59. The third-order valence-corrected chi connectivity index (χ3v) is 3.71. The molecule has 0 atom stereocenters. The molecule has 1 aromatic carbocycles. The fourth-order valence-electron chi connectivity index (χ4n) is 2.63. The van der Waals surface area contributed by atoms with E-state index in [1.165, 1.54) is 0 Å². The number of nitrogens with one attached hydrogen (secondary N) is 1. The second-order valence-electron chi connectivity index (χ2n) is 5.13. The lowest BCUT2D eigenvalue weighted by Crippen LogP contribution is -2.52. The Morgan fingerprint density at radius 1 is 1.32 bits per heavy atom. The Hall–Kier alpha value is -2.17. The molecule has 0 aliphatic carbocycles. The van der Waals surface area contributed by atoms with Crippen LogP contribution in [-0.2, 0) is 0 Å². The molecule has 1 heterocycles. The predicted molar refractivity (Wildman–Crippen MR) is 93.0 cm³/mol. The highest BCUT2D eigenvalue weighted by Gasteiger charge is 2.21. The normalized spacial score (nSPS) is 15.6. The number of hydrogen-bond donors (Lipinski definition) is 1. The van der Waals surface area contributed by atoms with Gasteiger partial charge < -0.3 is 19.9 Å². The summed E-state index contributed by atoms with van der Waals surface area (Å²) < 4.78 is 5.46. The number of rotatable bonds is 5. The summed E-state index contributed by atoms with van der Waals surface area (Å²) in [6.07, 6.45) is 1.82. The van der Waals surface area contributed by atoms with Gasteiger partial charge in [-0.1, -0.05) is 18.2 Å². The number of nitrogens with zero attached hydrogens (tertiary/aromatic N) is 3. The lowest BCUT2D eigenvalue weighted by Gasteiger charge is -2.38. The highest BCUT2D eigenvalue weighted by molar-refractivity contribution is 5.80. The van der Waals surface area contributed by atoms with Gasteiger partial charge in [0.1, 0.15) is 5.75 Å². The largest absolute Gasteiger partial charge is 0.495 e. The van der Waals surface area contributed by atoms with Crippen LogP contribution in [0.1, 0.15) is 6.92 Å². The molecule has 22 heavy (non-hydrogen) atoms. The van der Waals surface area contributed by atoms with Gasteiger partial charge in [0.25, 0.3) is 0 Å². The number of piperazine rings is 1. The van der Waals surface area contributed by atoms with Crippen LogP contribution < -0.4 is 15.0 Å². The van der Waals surface area contributed by atoms with E-state index in [2.05, 4.69) is 45.7 Å². The standard InChI is InChI=1S/C17H26N4O/c1-4-10-19-17(18-5-2)21-13-11-20(12-14-21)15-8-6-7-9-16(15)22-3/h4,6-9H,1,5,10-14H2,2-3H3,(H,18,19). The van der Waals surface area contributed by atoms with Crippen molar-refractivity contribution in [3.05, 3.63) is 36.9 Å². The van der Waals surface area contributed by atoms with Crippen LogP contribution in [0, 0.1) is 0 Å². The number of guanidine groups is 1. The summed E-state index contributed by atoms with van der Waals surface area (Å²) in [4.78, 5) is 9.23. The van der Waals surface area contributed by atoms with Crippen LogP contribution >= 0.6 is 0 Å². The van der Waals surface area contributed by atoms with Gasteiger partial charge in [-0.2, -0.15) is 0 Å². The Morgan fingerprint density at radius 2 is 2.05 bits per heavy atom. The lowest BCUT2D eigenvalue weighted by molar-refractivity contribution is 0.367. The van der Waals surface area contributed by atoms with Crippen molar-refractivity contribution in [1.29, 1.82) is 0 Å². The van der Waals surface area contributed by atoms with Crippen molar-refractivity contribution in [2.75, 3.05) is 51.3 Å². The van der Waals surface area contributed by atoms with Crippen molar-refractivity contribution in [3.8, 4) is 5.75 Å². The van der Waals surface area contributed by atoms with Crippen LogP contribution in [0.25, 0.3) is 0 Å². The Labute approximate surface area is 133 Å². The van der Waals surface area contributed by atoms with E-state index in [1.54, 1.807) is 7.11 Å². The highest BCUT2D eigenvalue weighted by Crippen LogP contribution is 2.28. The van der Waals surface area contributed by atoms with Crippen LogP contribution in [0.15, 0.2) is 41.9 Å². The molecule has 0 spiro atoms. The molecule has 5 nitrogen and oxygen atoms in total. The smallest absolute Gasteiger partial charge is 0.194 e. The molecular weight excluding hydrogens is 276 g/mol. The minimum absolute atomic E-state index is 0.648. The number of anilines is 1. The molecule has 1 N–H and O–H groups in total. The molecule has 120 valence electrons. The van der Waals surface area contributed by atoms with Gasteiger partial charge in [0.15, 0.2) is 5.96 Å². The molecule has 2 rings (SSSR count). The van der Waals surface area contributed by atoms with E-state index in [9.17, 15) is 0 Å². The van der Waals surface area contributed by atoms with E-state index in [4.69, 9.17) is 4.74 Å². The van der Waals surface area contributed by atoms with E-state index in [0.29, 0.717) is 6.54 Å². The average molecular weight is 302 g/mol. The van der Waals surface area contributed by atoms with Gasteiger partial charge >= 0.3 is 0 Å². The van der Waals surface area contributed by atoms with Crippen LogP contribution in [0.3, 0.4) is 0 Å². The quantitative estimate of drug-likeness (QED) is 0.513. The van der Waals surface area contributed by atoms with E-state index in [-0.39, 0.29) is 0 Å². The first kappa shape index (κ1) is 16.2. The van der Waals surface area contributed by atoms with Crippen LogP contribution in [0.4, 0.5) is 5.69 Å². The number of benzene rings is 1. The van der Waals surface area contributed by atoms with Crippen molar-refractivity contribution >= 4 is 11.6 Å². The Bertz CT molecular complexity index is 507. The zero-order valence-electron chi connectivity index (χ0n) is 13.6. The lowest BCUT2D eigenvalue weighted by atomic mass is 10.2. The topological polar surface area (TPSA) is 40.1 Å². The summed E-state index contributed by atoms with van der Waals surface area (Å²) in [5.74, 6) is 1.91. The fraction of sp³-hybridized carbons (Fsp3) is 0.471. The Balaban J connectivity index is 2.01. The molecule has 5 heteroatoms. The maximum atomic E-state index is 5.46. The maximum Gasteiger partial charge on any atom is 0.194 e. The van der Waals surface area contributed by atoms with Gasteiger partial charge in [-0.3, -0.25) is 0 Å². The van der Waals surface area contributed by atoms with Crippen molar-refractivity contribution in [2.24, 2.45) is 4.99 Å². The van der Waals surface area contributed by atoms with Crippen molar-refractivity contribution in [3.63, 3.8) is 0 Å². The number of methoxy groups -OCH3 is 1. The molecule has 0 amide bonds. The SMILES string of the molecule is C=CCN=C(NCC)N1CCN(c2ccccc2OC)CC1. The van der Waals surface area contributed by atoms with Crippen molar-refractivity contribution < 1.29 is 4.74 Å². The van der Waals surface area contributed by atoms with Crippen LogP contribution in [-0.4, -0.2) is 57.2 Å². The molecular formula is C17H26N4O. The Morgan fingerprint density at radius 3 is 2.68 bits per heavy atom. The first-order valence-corrected chi connectivity index (χ1v) is 7.82. The van der Waals surface area contributed by atoms with Crippen LogP contribution in [0.5, 0.6) is 5.75 Å².